The Kier molecular flexibility index (Phi) is 12.2. The summed E-state index contributed by atoms with van der Waals surface area (Å²) in [6.45, 7) is 3.63. The first kappa shape index (κ1) is 26.9. The first-order chi connectivity index (χ1) is 14.4. The lowest BCUT2D eigenvalue weighted by Gasteiger charge is -2.31. The Morgan fingerprint density at radius 3 is 2.42 bits per heavy atom. The molecular formula is C23H35ClN2O5. The molecule has 2 rings (SSSR count). The summed E-state index contributed by atoms with van der Waals surface area (Å²) < 4.78 is 5.33. The molecule has 0 heterocycles. The maximum Gasteiger partial charge on any atom is 0.323 e. The van der Waals surface area contributed by atoms with Gasteiger partial charge in [-0.05, 0) is 44.6 Å². The molecule has 2 atom stereocenters. The highest BCUT2D eigenvalue weighted by Gasteiger charge is 2.33. The second-order valence-electron chi connectivity index (χ2n) is 7.93. The fourth-order valence-corrected chi connectivity index (χ4v) is 3.90. The van der Waals surface area contributed by atoms with Gasteiger partial charge in [0.2, 0.25) is 5.91 Å². The highest BCUT2D eigenvalue weighted by atomic mass is 35.5. The van der Waals surface area contributed by atoms with E-state index in [0.29, 0.717) is 19.4 Å². The van der Waals surface area contributed by atoms with Crippen LogP contribution in [0.2, 0.25) is 0 Å². The number of hydrogen-bond donors (Lipinski definition) is 2. The third-order valence-electron chi connectivity index (χ3n) is 5.47. The third-order valence-corrected chi connectivity index (χ3v) is 5.47. The number of halogens is 1. The van der Waals surface area contributed by atoms with Crippen molar-refractivity contribution in [1.82, 2.24) is 10.2 Å². The number of amides is 1. The largest absolute Gasteiger partial charge is 0.480 e. The van der Waals surface area contributed by atoms with Crippen LogP contribution in [0.15, 0.2) is 30.3 Å². The van der Waals surface area contributed by atoms with E-state index in [9.17, 15) is 19.5 Å². The molecule has 0 spiro atoms. The van der Waals surface area contributed by atoms with Crippen LogP contribution >= 0.6 is 12.4 Å². The van der Waals surface area contributed by atoms with Gasteiger partial charge < -0.3 is 14.7 Å². The lowest BCUT2D eigenvalue weighted by molar-refractivity contribution is -0.149. The van der Waals surface area contributed by atoms with Crippen LogP contribution < -0.4 is 5.32 Å². The summed E-state index contributed by atoms with van der Waals surface area (Å²) in [4.78, 5) is 38.4. The van der Waals surface area contributed by atoms with E-state index in [0.717, 1.165) is 37.7 Å². The van der Waals surface area contributed by atoms with Crippen LogP contribution in [0.4, 0.5) is 0 Å². The minimum absolute atomic E-state index is 0. The number of esters is 1. The van der Waals surface area contributed by atoms with Crippen LogP contribution in [0.1, 0.15) is 57.9 Å². The average Bonchev–Trinajstić information content (AvgIpc) is 3.27. The van der Waals surface area contributed by atoms with Crippen molar-refractivity contribution in [1.29, 1.82) is 0 Å². The van der Waals surface area contributed by atoms with E-state index in [2.05, 4.69) is 5.32 Å². The molecule has 0 bridgehead atoms. The minimum Gasteiger partial charge on any atom is -0.480 e. The summed E-state index contributed by atoms with van der Waals surface area (Å²) in [6, 6.07) is 8.47. The lowest BCUT2D eigenvalue weighted by atomic mass is 10.0. The zero-order valence-corrected chi connectivity index (χ0v) is 19.2. The SMILES string of the molecule is CCCOC(=O)[C@H](CCc1ccccc1)N[C@@H](C)C(=O)N(CC(=O)O)C1CCCC1.Cl. The van der Waals surface area contributed by atoms with E-state index in [4.69, 9.17) is 4.74 Å². The Morgan fingerprint density at radius 1 is 1.19 bits per heavy atom. The van der Waals surface area contributed by atoms with E-state index in [1.165, 1.54) is 4.90 Å². The number of carbonyl (C=O) groups excluding carboxylic acids is 2. The molecule has 0 aliphatic heterocycles. The summed E-state index contributed by atoms with van der Waals surface area (Å²) in [5.74, 6) is -1.68. The standard InChI is InChI=1S/C23H34N2O5.ClH/c1-3-15-30-23(29)20(14-13-18-9-5-4-6-10-18)24-17(2)22(28)25(16-21(26)27)19-11-7-8-12-19;/h4-6,9-10,17,19-20,24H,3,7-8,11-16H2,1-2H3,(H,26,27);1H/t17-,20-;/m0./s1. The first-order valence-corrected chi connectivity index (χ1v) is 10.9. The Labute approximate surface area is 190 Å². The second-order valence-corrected chi connectivity index (χ2v) is 7.93. The zero-order valence-electron chi connectivity index (χ0n) is 18.4. The lowest BCUT2D eigenvalue weighted by Crippen LogP contribution is -2.54. The van der Waals surface area contributed by atoms with Gasteiger partial charge in [-0.15, -0.1) is 12.4 Å². The van der Waals surface area contributed by atoms with Crippen molar-refractivity contribution in [3.05, 3.63) is 35.9 Å². The maximum absolute atomic E-state index is 13.1. The smallest absolute Gasteiger partial charge is 0.323 e. The minimum atomic E-state index is -1.02. The van der Waals surface area contributed by atoms with E-state index < -0.39 is 18.1 Å². The Morgan fingerprint density at radius 2 is 1.84 bits per heavy atom. The fourth-order valence-electron chi connectivity index (χ4n) is 3.90. The normalized spacial score (nSPS) is 15.5. The summed E-state index contributed by atoms with van der Waals surface area (Å²) in [5, 5.41) is 12.4. The molecule has 1 aromatic carbocycles. The van der Waals surface area contributed by atoms with Gasteiger partial charge in [-0.1, -0.05) is 50.1 Å². The molecule has 0 aromatic heterocycles. The van der Waals surface area contributed by atoms with Crippen LogP contribution in [0.5, 0.6) is 0 Å². The number of ether oxygens (including phenoxy) is 1. The number of carbonyl (C=O) groups is 3. The van der Waals surface area contributed by atoms with Crippen molar-refractivity contribution in [3.8, 4) is 0 Å². The molecule has 0 saturated heterocycles. The van der Waals surface area contributed by atoms with Gasteiger partial charge in [0.25, 0.3) is 0 Å². The van der Waals surface area contributed by atoms with E-state index in [-0.39, 0.29) is 36.9 Å². The number of carboxylic acids is 1. The van der Waals surface area contributed by atoms with Crippen molar-refractivity contribution in [3.63, 3.8) is 0 Å². The molecule has 0 radical (unpaired) electrons. The number of nitrogens with one attached hydrogen (secondary N) is 1. The van der Waals surface area contributed by atoms with E-state index >= 15 is 0 Å². The molecule has 1 aliphatic rings. The number of nitrogens with zero attached hydrogens (tertiary/aromatic N) is 1. The van der Waals surface area contributed by atoms with Gasteiger partial charge in [0.15, 0.2) is 0 Å². The van der Waals surface area contributed by atoms with Crippen molar-refractivity contribution in [2.45, 2.75) is 76.9 Å². The van der Waals surface area contributed by atoms with Gasteiger partial charge in [-0.25, -0.2) is 0 Å². The van der Waals surface area contributed by atoms with Gasteiger partial charge in [-0.2, -0.15) is 0 Å². The molecule has 1 saturated carbocycles. The second kappa shape index (κ2) is 14.0. The van der Waals surface area contributed by atoms with Crippen LogP contribution in [0, 0.1) is 0 Å². The predicted molar refractivity (Wildman–Crippen MR) is 121 cm³/mol. The monoisotopic (exact) mass is 454 g/mol. The van der Waals surface area contributed by atoms with Gasteiger partial charge >= 0.3 is 11.9 Å². The van der Waals surface area contributed by atoms with E-state index in [1.54, 1.807) is 6.92 Å². The molecule has 0 unspecified atom stereocenters. The summed E-state index contributed by atoms with van der Waals surface area (Å²) in [5.41, 5.74) is 1.10. The molecule has 2 N–H and O–H groups in total. The number of hydrogen-bond acceptors (Lipinski definition) is 5. The maximum atomic E-state index is 13.1. The molecule has 1 aromatic rings. The van der Waals surface area contributed by atoms with E-state index in [1.807, 2.05) is 37.3 Å². The number of benzene rings is 1. The molecule has 1 fully saturated rings. The molecular weight excluding hydrogens is 420 g/mol. The molecule has 1 aliphatic carbocycles. The third kappa shape index (κ3) is 8.87. The van der Waals surface area contributed by atoms with Crippen molar-refractivity contribution >= 4 is 30.3 Å². The van der Waals surface area contributed by atoms with Crippen LogP contribution in [0.25, 0.3) is 0 Å². The Bertz CT molecular complexity index is 694. The van der Waals surface area contributed by atoms with Crippen LogP contribution in [0.3, 0.4) is 0 Å². The predicted octanol–water partition coefficient (Wildman–Crippen LogP) is 3.20. The molecule has 31 heavy (non-hydrogen) atoms. The Balaban J connectivity index is 0.00000480. The molecule has 1 amide bonds. The number of rotatable bonds is 12. The number of aliphatic carboxylic acids is 1. The zero-order chi connectivity index (χ0) is 21.9. The quantitative estimate of drug-likeness (QED) is 0.471. The van der Waals surface area contributed by atoms with Crippen LogP contribution in [-0.4, -0.2) is 59.1 Å². The van der Waals surface area contributed by atoms with Gasteiger partial charge in [0.05, 0.1) is 12.6 Å². The highest BCUT2D eigenvalue weighted by molar-refractivity contribution is 5.86. The van der Waals surface area contributed by atoms with Gasteiger partial charge in [0.1, 0.15) is 12.6 Å². The highest BCUT2D eigenvalue weighted by Crippen LogP contribution is 2.24. The van der Waals surface area contributed by atoms with Crippen molar-refractivity contribution in [2.75, 3.05) is 13.2 Å². The topological polar surface area (TPSA) is 95.9 Å². The summed E-state index contributed by atoms with van der Waals surface area (Å²) >= 11 is 0. The molecule has 7 nitrogen and oxygen atoms in total. The number of aryl methyl sites for hydroxylation is 1. The molecule has 174 valence electrons. The van der Waals surface area contributed by atoms with Crippen LogP contribution in [-0.2, 0) is 25.5 Å². The van der Waals surface area contributed by atoms with Crippen molar-refractivity contribution in [2.24, 2.45) is 0 Å². The van der Waals surface area contributed by atoms with Crippen molar-refractivity contribution < 1.29 is 24.2 Å². The number of carboxylic acid groups (broad SMARTS) is 1. The summed E-state index contributed by atoms with van der Waals surface area (Å²) in [6.07, 6.45) is 5.52. The Hall–Kier alpha value is -2.12. The fraction of sp³-hybridized carbons (Fsp3) is 0.609. The van der Waals surface area contributed by atoms with Gasteiger partial charge in [-0.3, -0.25) is 19.7 Å². The van der Waals surface area contributed by atoms with Gasteiger partial charge in [0, 0.05) is 6.04 Å². The average molecular weight is 455 g/mol. The first-order valence-electron chi connectivity index (χ1n) is 10.9. The molecule has 8 heteroatoms. The summed E-state index contributed by atoms with van der Waals surface area (Å²) in [7, 11) is 0.